The van der Waals surface area contributed by atoms with Crippen molar-refractivity contribution in [3.05, 3.63) is 0 Å². The van der Waals surface area contributed by atoms with E-state index < -0.39 is 17.3 Å². The van der Waals surface area contributed by atoms with Gasteiger partial charge in [0.2, 0.25) is 0 Å². The lowest BCUT2D eigenvalue weighted by Gasteiger charge is -2.39. The predicted molar refractivity (Wildman–Crippen MR) is 34.5 cm³/mol. The molecule has 0 saturated heterocycles. The second-order valence-corrected chi connectivity index (χ2v) is 3.24. The first-order valence-corrected chi connectivity index (χ1v) is 3.22. The van der Waals surface area contributed by atoms with Crippen LogP contribution >= 0.6 is 0 Å². The summed E-state index contributed by atoms with van der Waals surface area (Å²) < 4.78 is 0. The lowest BCUT2D eigenvalue weighted by molar-refractivity contribution is -0.162. The van der Waals surface area contributed by atoms with Gasteiger partial charge in [0.1, 0.15) is 5.78 Å². The van der Waals surface area contributed by atoms with Gasteiger partial charge >= 0.3 is 5.97 Å². The van der Waals surface area contributed by atoms with Crippen molar-refractivity contribution in [2.45, 2.75) is 20.3 Å². The highest BCUT2D eigenvalue weighted by Crippen LogP contribution is 2.42. The minimum absolute atomic E-state index is 0.0555. The molecule has 0 unspecified atom stereocenters. The summed E-state index contributed by atoms with van der Waals surface area (Å²) in [5, 5.41) is 8.53. The van der Waals surface area contributed by atoms with Crippen molar-refractivity contribution in [2.75, 3.05) is 0 Å². The van der Waals surface area contributed by atoms with Gasteiger partial charge in [0.25, 0.3) is 0 Å². The summed E-state index contributed by atoms with van der Waals surface area (Å²) in [4.78, 5) is 21.2. The molecule has 1 rings (SSSR count). The fourth-order valence-corrected chi connectivity index (χ4v) is 1.16. The van der Waals surface area contributed by atoms with Gasteiger partial charge in [-0.1, -0.05) is 13.8 Å². The molecule has 56 valence electrons. The maximum absolute atomic E-state index is 10.8. The van der Waals surface area contributed by atoms with Crippen LogP contribution in [0.25, 0.3) is 0 Å². The van der Waals surface area contributed by atoms with Crippen molar-refractivity contribution in [3.63, 3.8) is 0 Å². The molecule has 1 aliphatic carbocycles. The van der Waals surface area contributed by atoms with Gasteiger partial charge in [-0.05, 0) is 0 Å². The highest BCUT2D eigenvalue weighted by molar-refractivity contribution is 5.98. The largest absolute Gasteiger partial charge is 0.481 e. The first-order valence-electron chi connectivity index (χ1n) is 3.22. The zero-order valence-electron chi connectivity index (χ0n) is 6.05. The molecule has 3 nitrogen and oxygen atoms in total. The number of hydrogen-bond acceptors (Lipinski definition) is 2. The Kier molecular flexibility index (Phi) is 1.31. The standard InChI is InChI=1S/C7H10O3/c1-7(2)4(6(9)10)3-5(7)8/h4H,3H2,1-2H3,(H,9,10)/t4-/m0/s1. The number of Topliss-reactive ketones (excluding diaryl/α,β-unsaturated/α-hetero) is 1. The van der Waals surface area contributed by atoms with Crippen LogP contribution in [0.3, 0.4) is 0 Å². The molecule has 10 heavy (non-hydrogen) atoms. The van der Waals surface area contributed by atoms with Gasteiger partial charge in [0.05, 0.1) is 5.92 Å². The van der Waals surface area contributed by atoms with Crippen molar-refractivity contribution >= 4 is 11.8 Å². The molecule has 3 heteroatoms. The van der Waals surface area contributed by atoms with E-state index in [1.807, 2.05) is 0 Å². The summed E-state index contributed by atoms with van der Waals surface area (Å²) in [6.45, 7) is 3.36. The van der Waals surface area contributed by atoms with Crippen molar-refractivity contribution in [3.8, 4) is 0 Å². The van der Waals surface area contributed by atoms with Crippen LogP contribution in [0.1, 0.15) is 20.3 Å². The zero-order chi connectivity index (χ0) is 7.94. The molecule has 1 N–H and O–H groups in total. The monoisotopic (exact) mass is 142 g/mol. The average Bonchev–Trinajstić information content (AvgIpc) is 1.82. The minimum atomic E-state index is -0.857. The highest BCUT2D eigenvalue weighted by atomic mass is 16.4. The number of carboxylic acids is 1. The lowest BCUT2D eigenvalue weighted by Crippen LogP contribution is -2.49. The van der Waals surface area contributed by atoms with Gasteiger partial charge in [-0.3, -0.25) is 9.59 Å². The SMILES string of the molecule is CC1(C)C(=O)C[C@H]1C(=O)O. The molecule has 0 aromatic carbocycles. The van der Waals surface area contributed by atoms with E-state index in [0.717, 1.165) is 0 Å². The fourth-order valence-electron chi connectivity index (χ4n) is 1.16. The van der Waals surface area contributed by atoms with Crippen molar-refractivity contribution in [1.82, 2.24) is 0 Å². The number of aliphatic carboxylic acids is 1. The van der Waals surface area contributed by atoms with E-state index in [2.05, 4.69) is 0 Å². The first kappa shape index (κ1) is 7.25. The Morgan fingerprint density at radius 1 is 1.70 bits per heavy atom. The third-order valence-corrected chi connectivity index (χ3v) is 2.28. The normalized spacial score (nSPS) is 29.4. The predicted octanol–water partition coefficient (Wildman–Crippen LogP) is 0.686. The highest BCUT2D eigenvalue weighted by Gasteiger charge is 2.51. The lowest BCUT2D eigenvalue weighted by atomic mass is 9.61. The molecular weight excluding hydrogens is 132 g/mol. The summed E-state index contributed by atoms with van der Waals surface area (Å²) in [5.74, 6) is -1.26. The maximum atomic E-state index is 10.8. The molecule has 0 radical (unpaired) electrons. The second-order valence-electron chi connectivity index (χ2n) is 3.24. The number of carbonyl (C=O) groups excluding carboxylic acids is 1. The van der Waals surface area contributed by atoms with E-state index in [9.17, 15) is 9.59 Å². The van der Waals surface area contributed by atoms with Crippen molar-refractivity contribution in [2.24, 2.45) is 11.3 Å². The van der Waals surface area contributed by atoms with Crippen LogP contribution in [-0.4, -0.2) is 16.9 Å². The molecule has 1 fully saturated rings. The van der Waals surface area contributed by atoms with E-state index in [0.29, 0.717) is 0 Å². The van der Waals surface area contributed by atoms with Gasteiger partial charge in [-0.2, -0.15) is 0 Å². The smallest absolute Gasteiger partial charge is 0.307 e. The first-order chi connectivity index (χ1) is 4.46. The van der Waals surface area contributed by atoms with Gasteiger partial charge in [-0.15, -0.1) is 0 Å². The van der Waals surface area contributed by atoms with Gasteiger partial charge < -0.3 is 5.11 Å². The molecule has 1 saturated carbocycles. The molecule has 0 aliphatic heterocycles. The number of ketones is 1. The summed E-state index contributed by atoms with van der Waals surface area (Å²) >= 11 is 0. The average molecular weight is 142 g/mol. The van der Waals surface area contributed by atoms with Crippen LogP contribution in [-0.2, 0) is 9.59 Å². The van der Waals surface area contributed by atoms with Crippen LogP contribution in [0.2, 0.25) is 0 Å². The van der Waals surface area contributed by atoms with E-state index in [4.69, 9.17) is 5.11 Å². The molecule has 0 spiro atoms. The molecule has 1 atom stereocenters. The maximum Gasteiger partial charge on any atom is 0.307 e. The Morgan fingerprint density at radius 3 is 2.30 bits per heavy atom. The van der Waals surface area contributed by atoms with Gasteiger partial charge in [0.15, 0.2) is 0 Å². The molecule has 1 aliphatic rings. The Hall–Kier alpha value is -0.860. The zero-order valence-corrected chi connectivity index (χ0v) is 6.05. The quantitative estimate of drug-likeness (QED) is 0.586. The van der Waals surface area contributed by atoms with E-state index >= 15 is 0 Å². The molecule has 0 bridgehead atoms. The topological polar surface area (TPSA) is 54.4 Å². The molecule has 0 amide bonds. The molecule has 0 heterocycles. The van der Waals surface area contributed by atoms with Crippen LogP contribution in [0.15, 0.2) is 0 Å². The Morgan fingerprint density at radius 2 is 2.20 bits per heavy atom. The van der Waals surface area contributed by atoms with Crippen molar-refractivity contribution < 1.29 is 14.7 Å². The van der Waals surface area contributed by atoms with Crippen molar-refractivity contribution in [1.29, 1.82) is 0 Å². The van der Waals surface area contributed by atoms with E-state index in [1.165, 1.54) is 0 Å². The van der Waals surface area contributed by atoms with Crippen LogP contribution in [0, 0.1) is 11.3 Å². The second kappa shape index (κ2) is 1.81. The van der Waals surface area contributed by atoms with E-state index in [-0.39, 0.29) is 12.2 Å². The van der Waals surface area contributed by atoms with E-state index in [1.54, 1.807) is 13.8 Å². The van der Waals surface area contributed by atoms with Gasteiger partial charge in [0, 0.05) is 11.8 Å². The summed E-state index contributed by atoms with van der Waals surface area (Å²) in [6.07, 6.45) is 0.211. The number of hydrogen-bond donors (Lipinski definition) is 1. The third kappa shape index (κ3) is 0.735. The Labute approximate surface area is 59.0 Å². The fraction of sp³-hybridized carbons (Fsp3) is 0.714. The molecule has 0 aromatic rings. The summed E-state index contributed by atoms with van der Waals surface area (Å²) in [6, 6.07) is 0. The van der Waals surface area contributed by atoms with Gasteiger partial charge in [-0.25, -0.2) is 0 Å². The Bertz CT molecular complexity index is 193. The molecular formula is C7H10O3. The Balaban J connectivity index is 2.72. The minimum Gasteiger partial charge on any atom is -0.481 e. The molecule has 0 aromatic heterocycles. The van der Waals surface area contributed by atoms with Crippen LogP contribution < -0.4 is 0 Å². The van der Waals surface area contributed by atoms with Crippen LogP contribution in [0.4, 0.5) is 0 Å². The third-order valence-electron chi connectivity index (χ3n) is 2.28. The summed E-state index contributed by atoms with van der Waals surface area (Å²) in [7, 11) is 0. The number of carbonyl (C=O) groups is 2. The number of carboxylic acid groups (broad SMARTS) is 1. The summed E-state index contributed by atoms with van der Waals surface area (Å²) in [5.41, 5.74) is -0.619. The van der Waals surface area contributed by atoms with Crippen LogP contribution in [0.5, 0.6) is 0 Å². The number of rotatable bonds is 1.